The lowest BCUT2D eigenvalue weighted by Gasteiger charge is -2.24. The van der Waals surface area contributed by atoms with E-state index in [0.717, 1.165) is 16.7 Å². The van der Waals surface area contributed by atoms with Crippen LogP contribution in [0.25, 0.3) is 0 Å². The quantitative estimate of drug-likeness (QED) is 0.457. The van der Waals surface area contributed by atoms with Gasteiger partial charge in [-0.1, -0.05) is 59.6 Å². The summed E-state index contributed by atoms with van der Waals surface area (Å²) in [6.07, 6.45) is 0. The lowest BCUT2D eigenvalue weighted by Crippen LogP contribution is -2.28. The molecule has 33 heavy (non-hydrogen) atoms. The molecule has 1 N–H and O–H groups in total. The molecule has 1 heterocycles. The van der Waals surface area contributed by atoms with E-state index in [0.29, 0.717) is 22.9 Å². The summed E-state index contributed by atoms with van der Waals surface area (Å²) >= 11 is 7.59. The van der Waals surface area contributed by atoms with Crippen molar-refractivity contribution in [3.8, 4) is 0 Å². The topological polar surface area (TPSA) is 49.4 Å². The van der Waals surface area contributed by atoms with E-state index in [-0.39, 0.29) is 23.2 Å². The van der Waals surface area contributed by atoms with E-state index < -0.39 is 0 Å². The minimum Gasteiger partial charge on any atom is -0.346 e. The zero-order chi connectivity index (χ0) is 23.5. The Morgan fingerprint density at radius 1 is 1.09 bits per heavy atom. The molecule has 170 valence electrons. The first-order valence-corrected chi connectivity index (χ1v) is 12.4. The highest BCUT2D eigenvalue weighted by molar-refractivity contribution is 8.00. The van der Waals surface area contributed by atoms with Gasteiger partial charge in [-0.3, -0.25) is 9.59 Å². The van der Waals surface area contributed by atoms with Crippen LogP contribution in [0.5, 0.6) is 0 Å². The van der Waals surface area contributed by atoms with Crippen LogP contribution in [-0.4, -0.2) is 22.5 Å². The molecule has 6 heteroatoms. The Morgan fingerprint density at radius 2 is 1.79 bits per heavy atom. The molecule has 1 aliphatic rings. The first kappa shape index (κ1) is 23.4. The van der Waals surface area contributed by atoms with E-state index in [4.69, 9.17) is 11.6 Å². The van der Waals surface area contributed by atoms with Crippen molar-refractivity contribution in [2.45, 2.75) is 38.7 Å². The molecule has 0 saturated carbocycles. The maximum atomic E-state index is 12.8. The molecule has 3 aromatic carbocycles. The Balaban J connectivity index is 1.44. The Labute approximate surface area is 204 Å². The average molecular weight is 479 g/mol. The van der Waals surface area contributed by atoms with Crippen LogP contribution in [0, 0.1) is 13.8 Å². The van der Waals surface area contributed by atoms with E-state index in [2.05, 4.69) is 37.4 Å². The van der Waals surface area contributed by atoms with Crippen LogP contribution in [0.15, 0.2) is 66.7 Å². The molecule has 4 nitrogen and oxygen atoms in total. The van der Waals surface area contributed by atoms with E-state index >= 15 is 0 Å². The lowest BCUT2D eigenvalue weighted by atomic mass is 10.00. The summed E-state index contributed by atoms with van der Waals surface area (Å²) in [6, 6.07) is 21.3. The van der Waals surface area contributed by atoms with Crippen LogP contribution in [0.4, 0.5) is 0 Å². The van der Waals surface area contributed by atoms with E-state index in [1.54, 1.807) is 11.8 Å². The molecule has 2 atom stereocenters. The van der Waals surface area contributed by atoms with Crippen molar-refractivity contribution in [1.82, 2.24) is 10.2 Å². The number of halogens is 1. The zero-order valence-corrected chi connectivity index (χ0v) is 20.5. The Bertz CT molecular complexity index is 1160. The predicted octanol–water partition coefficient (Wildman–Crippen LogP) is 6.22. The van der Waals surface area contributed by atoms with Gasteiger partial charge in [0, 0.05) is 17.1 Å². The van der Waals surface area contributed by atoms with Crippen LogP contribution >= 0.6 is 23.4 Å². The molecule has 1 saturated heterocycles. The van der Waals surface area contributed by atoms with Gasteiger partial charge in [0.1, 0.15) is 5.37 Å². The summed E-state index contributed by atoms with van der Waals surface area (Å²) in [5.74, 6) is 0.458. The zero-order valence-electron chi connectivity index (χ0n) is 19.0. The number of nitrogens with zero attached hydrogens (tertiary/aromatic N) is 1. The highest BCUT2D eigenvalue weighted by Crippen LogP contribution is 2.39. The molecule has 4 rings (SSSR count). The van der Waals surface area contributed by atoms with E-state index in [9.17, 15) is 9.59 Å². The number of amides is 2. The van der Waals surface area contributed by atoms with Crippen molar-refractivity contribution >= 4 is 35.2 Å². The maximum absolute atomic E-state index is 12.8. The Kier molecular flexibility index (Phi) is 7.11. The third-order valence-electron chi connectivity index (χ3n) is 5.93. The normalized spacial score (nSPS) is 16.7. The van der Waals surface area contributed by atoms with E-state index in [1.165, 1.54) is 11.1 Å². The fraction of sp³-hybridized carbons (Fsp3) is 0.259. The largest absolute Gasteiger partial charge is 0.346 e. The molecule has 1 fully saturated rings. The average Bonchev–Trinajstić information content (AvgIpc) is 3.15. The summed E-state index contributed by atoms with van der Waals surface area (Å²) in [7, 11) is 0. The van der Waals surface area contributed by atoms with Crippen molar-refractivity contribution < 1.29 is 9.59 Å². The molecule has 0 radical (unpaired) electrons. The van der Waals surface area contributed by atoms with E-state index in [1.807, 2.05) is 60.4 Å². The van der Waals surface area contributed by atoms with Gasteiger partial charge in [0.05, 0.1) is 11.8 Å². The van der Waals surface area contributed by atoms with Gasteiger partial charge in [0.25, 0.3) is 5.91 Å². The van der Waals surface area contributed by atoms with Gasteiger partial charge in [-0.15, -0.1) is 11.8 Å². The second-order valence-electron chi connectivity index (χ2n) is 8.49. The van der Waals surface area contributed by atoms with Crippen molar-refractivity contribution in [3.63, 3.8) is 0 Å². The number of thioether (sulfide) groups is 1. The van der Waals surface area contributed by atoms with Crippen LogP contribution in [0.2, 0.25) is 5.02 Å². The van der Waals surface area contributed by atoms with Gasteiger partial charge in [-0.05, 0) is 67.3 Å². The van der Waals surface area contributed by atoms with Crippen molar-refractivity contribution in [2.24, 2.45) is 0 Å². The van der Waals surface area contributed by atoms with Crippen molar-refractivity contribution in [2.75, 3.05) is 5.75 Å². The molecule has 0 unspecified atom stereocenters. The number of benzene rings is 3. The fourth-order valence-electron chi connectivity index (χ4n) is 4.16. The van der Waals surface area contributed by atoms with Gasteiger partial charge in [-0.2, -0.15) is 0 Å². The number of aryl methyl sites for hydroxylation is 2. The van der Waals surface area contributed by atoms with Gasteiger partial charge in [0.15, 0.2) is 0 Å². The lowest BCUT2D eigenvalue weighted by molar-refractivity contribution is -0.128. The summed E-state index contributed by atoms with van der Waals surface area (Å²) in [5.41, 5.74) is 6.15. The fourth-order valence-corrected chi connectivity index (χ4v) is 5.47. The highest BCUT2D eigenvalue weighted by Gasteiger charge is 2.32. The van der Waals surface area contributed by atoms with Crippen LogP contribution in [0.1, 0.15) is 56.5 Å². The molecule has 3 aromatic rings. The molecular formula is C27H27ClN2O2S. The second-order valence-corrected chi connectivity index (χ2v) is 9.99. The molecule has 0 spiro atoms. The van der Waals surface area contributed by atoms with Crippen molar-refractivity contribution in [1.29, 1.82) is 0 Å². The van der Waals surface area contributed by atoms with Crippen LogP contribution in [0.3, 0.4) is 0 Å². The second kappa shape index (κ2) is 10.0. The van der Waals surface area contributed by atoms with Gasteiger partial charge < -0.3 is 10.2 Å². The van der Waals surface area contributed by atoms with Crippen molar-refractivity contribution in [3.05, 3.63) is 105 Å². The maximum Gasteiger partial charge on any atom is 0.251 e. The Hall–Kier alpha value is -2.76. The minimum atomic E-state index is -0.109. The summed E-state index contributed by atoms with van der Waals surface area (Å²) in [6.45, 7) is 6.66. The van der Waals surface area contributed by atoms with Crippen LogP contribution < -0.4 is 5.32 Å². The third-order valence-corrected chi connectivity index (χ3v) is 7.44. The number of carbonyl (C=O) groups is 2. The van der Waals surface area contributed by atoms with Gasteiger partial charge >= 0.3 is 0 Å². The molecule has 0 aliphatic carbocycles. The van der Waals surface area contributed by atoms with Crippen LogP contribution in [-0.2, 0) is 11.3 Å². The molecule has 0 aromatic heterocycles. The number of carbonyl (C=O) groups excluding carboxylic acids is 2. The molecule has 2 amide bonds. The predicted molar refractivity (Wildman–Crippen MR) is 135 cm³/mol. The van der Waals surface area contributed by atoms with Gasteiger partial charge in [0.2, 0.25) is 5.91 Å². The number of hydrogen-bond donors (Lipinski definition) is 1. The first-order valence-electron chi connectivity index (χ1n) is 11.0. The minimum absolute atomic E-state index is 0.0700. The standard InChI is InChI=1S/C27H27ClN2O2S/c1-17-4-13-24(18(2)14-17)19(3)29-26(32)21-7-9-22(10-8-21)27-30(25(31)16-33-27)15-20-5-11-23(28)12-6-20/h4-14,19,27H,15-16H2,1-3H3,(H,29,32)/t19-,27-/m0/s1. The number of nitrogens with one attached hydrogen (secondary N) is 1. The number of hydrogen-bond acceptors (Lipinski definition) is 3. The summed E-state index contributed by atoms with van der Waals surface area (Å²) < 4.78 is 0. The molecule has 1 aliphatic heterocycles. The molecular weight excluding hydrogens is 452 g/mol. The SMILES string of the molecule is Cc1ccc([C@H](C)NC(=O)c2ccc([C@@H]3SCC(=O)N3Cc3ccc(Cl)cc3)cc2)c(C)c1. The van der Waals surface area contributed by atoms with Gasteiger partial charge in [-0.25, -0.2) is 0 Å². The molecule has 0 bridgehead atoms. The highest BCUT2D eigenvalue weighted by atomic mass is 35.5. The number of rotatable bonds is 6. The smallest absolute Gasteiger partial charge is 0.251 e. The Morgan fingerprint density at radius 3 is 2.45 bits per heavy atom. The third kappa shape index (κ3) is 5.43. The summed E-state index contributed by atoms with van der Waals surface area (Å²) in [5, 5.41) is 3.70. The summed E-state index contributed by atoms with van der Waals surface area (Å²) in [4.78, 5) is 27.2. The first-order chi connectivity index (χ1) is 15.8. The monoisotopic (exact) mass is 478 g/mol.